The molecule has 0 radical (unpaired) electrons. The molecule has 2 rings (SSSR count). The summed E-state index contributed by atoms with van der Waals surface area (Å²) in [7, 11) is 0. The first-order valence-electron chi connectivity index (χ1n) is 4.42. The Morgan fingerprint density at radius 1 is 1.14 bits per heavy atom. The minimum absolute atomic E-state index is 0.0194. The Balaban J connectivity index is 2.42. The van der Waals surface area contributed by atoms with Crippen molar-refractivity contribution in [2.45, 2.75) is 12.8 Å². The lowest BCUT2D eigenvalue weighted by molar-refractivity contribution is -0.114. The molecule has 0 amide bonds. The Labute approximate surface area is 81.3 Å². The molecule has 0 aliphatic heterocycles. The van der Waals surface area contributed by atoms with Gasteiger partial charge in [-0.05, 0) is 30.2 Å². The van der Waals surface area contributed by atoms with Crippen molar-refractivity contribution >= 4 is 11.4 Å². The van der Waals surface area contributed by atoms with E-state index in [0.717, 1.165) is 5.57 Å². The van der Waals surface area contributed by atoms with Gasteiger partial charge in [0.05, 0.1) is 0 Å². The van der Waals surface area contributed by atoms with Crippen LogP contribution in [0.2, 0.25) is 0 Å². The van der Waals surface area contributed by atoms with Gasteiger partial charge in [-0.2, -0.15) is 0 Å². The van der Waals surface area contributed by atoms with Gasteiger partial charge < -0.3 is 10.2 Å². The van der Waals surface area contributed by atoms with E-state index in [1.54, 1.807) is 12.1 Å². The van der Waals surface area contributed by atoms with E-state index < -0.39 is 0 Å². The van der Waals surface area contributed by atoms with Gasteiger partial charge in [0.15, 0.2) is 5.78 Å². The van der Waals surface area contributed by atoms with Gasteiger partial charge in [-0.3, -0.25) is 4.79 Å². The third kappa shape index (κ3) is 1.48. The van der Waals surface area contributed by atoms with Gasteiger partial charge in [0.1, 0.15) is 11.5 Å². The molecule has 0 bridgehead atoms. The first-order valence-corrected chi connectivity index (χ1v) is 4.42. The molecule has 2 N–H and O–H groups in total. The van der Waals surface area contributed by atoms with Crippen molar-refractivity contribution in [3.05, 3.63) is 29.8 Å². The predicted molar refractivity (Wildman–Crippen MR) is 52.0 cm³/mol. The molecule has 0 heterocycles. The molecule has 1 aromatic carbocycles. The summed E-state index contributed by atoms with van der Waals surface area (Å²) >= 11 is 0. The highest BCUT2D eigenvalue weighted by molar-refractivity contribution is 6.02. The molecule has 0 aromatic heterocycles. The van der Waals surface area contributed by atoms with E-state index in [1.807, 2.05) is 0 Å². The van der Waals surface area contributed by atoms with Gasteiger partial charge in [-0.15, -0.1) is 0 Å². The summed E-state index contributed by atoms with van der Waals surface area (Å²) in [6.45, 7) is 0. The number of benzene rings is 1. The van der Waals surface area contributed by atoms with E-state index in [1.165, 1.54) is 12.1 Å². The van der Waals surface area contributed by atoms with E-state index in [-0.39, 0.29) is 17.3 Å². The second-order valence-corrected chi connectivity index (χ2v) is 3.34. The van der Waals surface area contributed by atoms with Crippen molar-refractivity contribution in [3.8, 4) is 11.5 Å². The van der Waals surface area contributed by atoms with Crippen LogP contribution < -0.4 is 0 Å². The Kier molecular flexibility index (Phi) is 2.00. The highest BCUT2D eigenvalue weighted by Crippen LogP contribution is 2.33. The van der Waals surface area contributed by atoms with Gasteiger partial charge in [0, 0.05) is 18.1 Å². The number of phenolic OH excluding ortho intramolecular Hbond substituents is 2. The van der Waals surface area contributed by atoms with Gasteiger partial charge in [0.25, 0.3) is 0 Å². The molecule has 0 unspecified atom stereocenters. The number of hydrogen-bond donors (Lipinski definition) is 2. The molecule has 1 aliphatic carbocycles. The molecule has 0 saturated heterocycles. The van der Waals surface area contributed by atoms with Crippen LogP contribution in [0.5, 0.6) is 11.5 Å². The molecule has 72 valence electrons. The summed E-state index contributed by atoms with van der Waals surface area (Å²) in [6.07, 6.45) is 2.72. The number of carbonyl (C=O) groups excluding carboxylic acids is 1. The molecule has 3 nitrogen and oxygen atoms in total. The van der Waals surface area contributed by atoms with Crippen LogP contribution in [0, 0.1) is 0 Å². The van der Waals surface area contributed by atoms with Crippen LogP contribution >= 0.6 is 0 Å². The number of phenols is 2. The zero-order valence-corrected chi connectivity index (χ0v) is 7.53. The quantitative estimate of drug-likeness (QED) is 0.710. The summed E-state index contributed by atoms with van der Waals surface area (Å²) in [6, 6.07) is 4.40. The molecule has 3 heteroatoms. The maximum Gasteiger partial charge on any atom is 0.156 e. The van der Waals surface area contributed by atoms with Crippen molar-refractivity contribution in [3.63, 3.8) is 0 Å². The predicted octanol–water partition coefficient (Wildman–Crippen LogP) is 1.84. The zero-order chi connectivity index (χ0) is 10.1. The maximum atomic E-state index is 11.0. The first-order chi connectivity index (χ1) is 6.66. The monoisotopic (exact) mass is 190 g/mol. The average molecular weight is 190 g/mol. The lowest BCUT2D eigenvalue weighted by Crippen LogP contribution is -1.81. The minimum Gasteiger partial charge on any atom is -0.508 e. The topological polar surface area (TPSA) is 57.5 Å². The number of carbonyl (C=O) groups is 1. The molecule has 0 spiro atoms. The van der Waals surface area contributed by atoms with E-state index in [0.29, 0.717) is 18.4 Å². The van der Waals surface area contributed by atoms with E-state index in [2.05, 4.69) is 0 Å². The number of ketones is 1. The minimum atomic E-state index is 0.0194. The molecular formula is C11H10O3. The van der Waals surface area contributed by atoms with Crippen LogP contribution in [0.1, 0.15) is 18.4 Å². The SMILES string of the molecule is O=C1C=C(c2ccc(O)cc2O)CC1. The maximum absolute atomic E-state index is 11.0. The molecule has 14 heavy (non-hydrogen) atoms. The van der Waals surface area contributed by atoms with Gasteiger partial charge in [-0.1, -0.05) is 0 Å². The van der Waals surface area contributed by atoms with E-state index in [4.69, 9.17) is 5.11 Å². The standard InChI is InChI=1S/C11H10O3/c12-8-2-1-7(5-8)10-4-3-9(13)6-11(10)14/h3-6,13-14H,1-2H2. The fourth-order valence-electron chi connectivity index (χ4n) is 1.60. The highest BCUT2D eigenvalue weighted by Gasteiger charge is 2.16. The smallest absolute Gasteiger partial charge is 0.156 e. The summed E-state index contributed by atoms with van der Waals surface area (Å²) in [4.78, 5) is 11.0. The highest BCUT2D eigenvalue weighted by atomic mass is 16.3. The summed E-state index contributed by atoms with van der Waals surface area (Å²) in [5, 5.41) is 18.6. The Morgan fingerprint density at radius 2 is 1.93 bits per heavy atom. The van der Waals surface area contributed by atoms with Crippen LogP contribution in [0.15, 0.2) is 24.3 Å². The summed E-state index contributed by atoms with van der Waals surface area (Å²) < 4.78 is 0. The Morgan fingerprint density at radius 3 is 2.50 bits per heavy atom. The average Bonchev–Trinajstić information content (AvgIpc) is 2.51. The first kappa shape index (κ1) is 8.81. The molecule has 0 fully saturated rings. The largest absolute Gasteiger partial charge is 0.508 e. The van der Waals surface area contributed by atoms with Crippen LogP contribution in [-0.4, -0.2) is 16.0 Å². The van der Waals surface area contributed by atoms with Gasteiger partial charge in [0.2, 0.25) is 0 Å². The number of hydrogen-bond acceptors (Lipinski definition) is 3. The van der Waals surface area contributed by atoms with Crippen LogP contribution in [-0.2, 0) is 4.79 Å². The zero-order valence-electron chi connectivity index (χ0n) is 7.53. The third-order valence-corrected chi connectivity index (χ3v) is 2.30. The van der Waals surface area contributed by atoms with Crippen molar-refractivity contribution in [2.24, 2.45) is 0 Å². The van der Waals surface area contributed by atoms with Crippen molar-refractivity contribution < 1.29 is 15.0 Å². The molecule has 1 aliphatic rings. The lowest BCUT2D eigenvalue weighted by atomic mass is 10.0. The Bertz CT molecular complexity index is 419. The molecule has 1 aromatic rings. The van der Waals surface area contributed by atoms with E-state index in [9.17, 15) is 9.90 Å². The number of aromatic hydroxyl groups is 2. The second kappa shape index (κ2) is 3.18. The fourth-order valence-corrected chi connectivity index (χ4v) is 1.60. The van der Waals surface area contributed by atoms with Crippen molar-refractivity contribution in [1.29, 1.82) is 0 Å². The summed E-state index contributed by atoms with van der Waals surface area (Å²) in [5.74, 6) is 0.134. The van der Waals surface area contributed by atoms with Gasteiger partial charge >= 0.3 is 0 Å². The molecular weight excluding hydrogens is 180 g/mol. The number of allylic oxidation sites excluding steroid dienone is 2. The number of rotatable bonds is 1. The normalized spacial score (nSPS) is 15.7. The van der Waals surface area contributed by atoms with Crippen molar-refractivity contribution in [2.75, 3.05) is 0 Å². The fraction of sp³-hybridized carbons (Fsp3) is 0.182. The van der Waals surface area contributed by atoms with Crippen molar-refractivity contribution in [1.82, 2.24) is 0 Å². The van der Waals surface area contributed by atoms with Crippen LogP contribution in [0.4, 0.5) is 0 Å². The Hall–Kier alpha value is -1.77. The molecule has 0 saturated carbocycles. The van der Waals surface area contributed by atoms with Gasteiger partial charge in [-0.25, -0.2) is 0 Å². The van der Waals surface area contributed by atoms with Crippen LogP contribution in [0.25, 0.3) is 5.57 Å². The molecule has 0 atom stereocenters. The summed E-state index contributed by atoms with van der Waals surface area (Å²) in [5.41, 5.74) is 1.47. The second-order valence-electron chi connectivity index (χ2n) is 3.34. The third-order valence-electron chi connectivity index (χ3n) is 2.30. The van der Waals surface area contributed by atoms with Crippen LogP contribution in [0.3, 0.4) is 0 Å². The van der Waals surface area contributed by atoms with E-state index >= 15 is 0 Å². The lowest BCUT2D eigenvalue weighted by Gasteiger charge is -2.04.